The molecule has 3 aliphatic carbocycles. The van der Waals surface area contributed by atoms with Gasteiger partial charge in [-0.2, -0.15) is 0 Å². The number of rotatable bonds is 2. The summed E-state index contributed by atoms with van der Waals surface area (Å²) in [6.45, 7) is 5.60. The van der Waals surface area contributed by atoms with Crippen LogP contribution in [0.5, 0.6) is 0 Å². The zero-order valence-corrected chi connectivity index (χ0v) is 9.85. The molecule has 3 saturated carbocycles. The van der Waals surface area contributed by atoms with Crippen LogP contribution in [0.3, 0.4) is 0 Å². The van der Waals surface area contributed by atoms with E-state index < -0.39 is 5.60 Å². The lowest BCUT2D eigenvalue weighted by Crippen LogP contribution is -2.79. The third kappa shape index (κ3) is 1.83. The Labute approximate surface area is 90.3 Å². The molecule has 0 heterocycles. The van der Waals surface area contributed by atoms with Gasteiger partial charge in [-0.05, 0) is 40.0 Å². The van der Waals surface area contributed by atoms with E-state index in [1.807, 2.05) is 20.8 Å². The van der Waals surface area contributed by atoms with Crippen LogP contribution in [0.25, 0.3) is 0 Å². The molecule has 0 unspecified atom stereocenters. The van der Waals surface area contributed by atoms with Gasteiger partial charge < -0.3 is 14.8 Å². The molecule has 0 aliphatic heterocycles. The quantitative estimate of drug-likeness (QED) is 0.761. The predicted octanol–water partition coefficient (Wildman–Crippen LogP) is 1.83. The fourth-order valence-corrected chi connectivity index (χ4v) is 2.56. The molecular weight excluding hydrogens is 194 g/mol. The molecule has 0 saturated heterocycles. The van der Waals surface area contributed by atoms with Crippen molar-refractivity contribution in [2.45, 2.75) is 56.8 Å². The van der Waals surface area contributed by atoms with E-state index >= 15 is 0 Å². The van der Waals surface area contributed by atoms with Crippen LogP contribution in [0.1, 0.15) is 40.0 Å². The standard InChI is InChI=1S/C11H19NO3/c1-9(2,3)15-8(13)12-10-5-11(6-10,7-10)14-4/h5-7H2,1-4H3,(H,12,13). The van der Waals surface area contributed by atoms with Gasteiger partial charge in [0.25, 0.3) is 0 Å². The first-order valence-electron chi connectivity index (χ1n) is 5.35. The van der Waals surface area contributed by atoms with Crippen LogP contribution in [0, 0.1) is 0 Å². The average molecular weight is 213 g/mol. The van der Waals surface area contributed by atoms with Crippen LogP contribution in [-0.4, -0.2) is 29.9 Å². The molecule has 3 fully saturated rings. The van der Waals surface area contributed by atoms with Gasteiger partial charge in [0.2, 0.25) is 0 Å². The summed E-state index contributed by atoms with van der Waals surface area (Å²) in [5.74, 6) is 0. The highest BCUT2D eigenvalue weighted by atomic mass is 16.6. The van der Waals surface area contributed by atoms with Gasteiger partial charge in [0, 0.05) is 7.11 Å². The molecule has 15 heavy (non-hydrogen) atoms. The van der Waals surface area contributed by atoms with E-state index in [4.69, 9.17) is 9.47 Å². The van der Waals surface area contributed by atoms with Crippen molar-refractivity contribution in [1.82, 2.24) is 5.32 Å². The lowest BCUT2D eigenvalue weighted by molar-refractivity contribution is -0.235. The molecule has 1 N–H and O–H groups in total. The smallest absolute Gasteiger partial charge is 0.408 e. The summed E-state index contributed by atoms with van der Waals surface area (Å²) in [6, 6.07) is 0. The third-order valence-electron chi connectivity index (χ3n) is 3.18. The first-order valence-corrected chi connectivity index (χ1v) is 5.35. The van der Waals surface area contributed by atoms with Crippen molar-refractivity contribution in [2.75, 3.05) is 7.11 Å². The van der Waals surface area contributed by atoms with Crippen LogP contribution in [0.4, 0.5) is 4.79 Å². The Kier molecular flexibility index (Phi) is 2.06. The first kappa shape index (κ1) is 10.7. The molecule has 0 radical (unpaired) electrons. The predicted molar refractivity (Wildman–Crippen MR) is 55.7 cm³/mol. The molecule has 0 atom stereocenters. The van der Waals surface area contributed by atoms with Gasteiger partial charge >= 0.3 is 6.09 Å². The highest BCUT2D eigenvalue weighted by Gasteiger charge is 2.69. The highest BCUT2D eigenvalue weighted by molar-refractivity contribution is 5.70. The summed E-state index contributed by atoms with van der Waals surface area (Å²) in [5.41, 5.74) is -0.389. The second-order valence-corrected chi connectivity index (χ2v) is 5.82. The normalized spacial score (nSPS) is 37.6. The van der Waals surface area contributed by atoms with Gasteiger partial charge in [0.1, 0.15) is 5.60 Å². The van der Waals surface area contributed by atoms with Crippen molar-refractivity contribution < 1.29 is 14.3 Å². The number of hydrogen-bond donors (Lipinski definition) is 1. The van der Waals surface area contributed by atoms with Crippen molar-refractivity contribution in [3.05, 3.63) is 0 Å². The molecule has 4 nitrogen and oxygen atoms in total. The Hall–Kier alpha value is -0.770. The molecular formula is C11H19NO3. The van der Waals surface area contributed by atoms with E-state index in [0.717, 1.165) is 19.3 Å². The van der Waals surface area contributed by atoms with Crippen LogP contribution in [0.2, 0.25) is 0 Å². The number of nitrogens with one attached hydrogen (secondary N) is 1. The first-order chi connectivity index (χ1) is 6.78. The number of ether oxygens (including phenoxy) is 2. The number of carbonyl (C=O) groups is 1. The van der Waals surface area contributed by atoms with Crippen molar-refractivity contribution in [3.63, 3.8) is 0 Å². The zero-order chi connectivity index (χ0) is 11.3. The SMILES string of the molecule is COC12CC(NC(=O)OC(C)(C)C)(C1)C2. The van der Waals surface area contributed by atoms with E-state index in [0.29, 0.717) is 0 Å². The molecule has 4 heteroatoms. The Morgan fingerprint density at radius 1 is 1.27 bits per heavy atom. The molecule has 0 aromatic carbocycles. The number of methoxy groups -OCH3 is 1. The largest absolute Gasteiger partial charge is 0.444 e. The average Bonchev–Trinajstić information content (AvgIpc) is 1.89. The van der Waals surface area contributed by atoms with Gasteiger partial charge in [-0.1, -0.05) is 0 Å². The maximum Gasteiger partial charge on any atom is 0.408 e. The maximum absolute atomic E-state index is 11.5. The lowest BCUT2D eigenvalue weighted by Gasteiger charge is -2.68. The minimum absolute atomic E-state index is 0.0294. The van der Waals surface area contributed by atoms with Crippen LogP contribution < -0.4 is 5.32 Å². The topological polar surface area (TPSA) is 47.6 Å². The minimum Gasteiger partial charge on any atom is -0.444 e. The summed E-state index contributed by atoms with van der Waals surface area (Å²) in [4.78, 5) is 11.5. The van der Waals surface area contributed by atoms with E-state index in [9.17, 15) is 4.79 Å². The van der Waals surface area contributed by atoms with E-state index in [1.54, 1.807) is 7.11 Å². The summed E-state index contributed by atoms with van der Waals surface area (Å²) in [7, 11) is 1.73. The van der Waals surface area contributed by atoms with Gasteiger partial charge in [-0.3, -0.25) is 0 Å². The zero-order valence-electron chi connectivity index (χ0n) is 9.85. The minimum atomic E-state index is -0.424. The second-order valence-electron chi connectivity index (χ2n) is 5.82. The van der Waals surface area contributed by atoms with Gasteiger partial charge in [-0.15, -0.1) is 0 Å². The third-order valence-corrected chi connectivity index (χ3v) is 3.18. The molecule has 1 amide bonds. The van der Waals surface area contributed by atoms with Crippen LogP contribution >= 0.6 is 0 Å². The van der Waals surface area contributed by atoms with E-state index in [2.05, 4.69) is 5.32 Å². The molecule has 0 aromatic heterocycles. The molecule has 0 spiro atoms. The fourth-order valence-electron chi connectivity index (χ4n) is 2.56. The molecule has 0 aromatic rings. The van der Waals surface area contributed by atoms with Gasteiger partial charge in [0.15, 0.2) is 0 Å². The van der Waals surface area contributed by atoms with Crippen molar-refractivity contribution >= 4 is 6.09 Å². The lowest BCUT2D eigenvalue weighted by atomic mass is 9.46. The summed E-state index contributed by atoms with van der Waals surface area (Å²) in [5, 5.41) is 2.93. The van der Waals surface area contributed by atoms with Crippen molar-refractivity contribution in [2.24, 2.45) is 0 Å². The van der Waals surface area contributed by atoms with Gasteiger partial charge in [-0.25, -0.2) is 4.79 Å². The Balaban J connectivity index is 1.79. The Bertz CT molecular complexity index is 273. The summed E-state index contributed by atoms with van der Waals surface area (Å²) >= 11 is 0. The highest BCUT2D eigenvalue weighted by Crippen LogP contribution is 2.62. The van der Waals surface area contributed by atoms with Crippen LogP contribution in [0.15, 0.2) is 0 Å². The number of carbonyl (C=O) groups excluding carboxylic acids is 1. The summed E-state index contributed by atoms with van der Waals surface area (Å²) in [6.07, 6.45) is 2.47. The fraction of sp³-hybridized carbons (Fsp3) is 0.909. The molecule has 3 rings (SSSR count). The van der Waals surface area contributed by atoms with Gasteiger partial charge in [0.05, 0.1) is 11.1 Å². The number of hydrogen-bond acceptors (Lipinski definition) is 3. The van der Waals surface area contributed by atoms with E-state index in [-0.39, 0.29) is 17.2 Å². The second kappa shape index (κ2) is 2.88. The summed E-state index contributed by atoms with van der Waals surface area (Å²) < 4.78 is 10.6. The maximum atomic E-state index is 11.5. The molecule has 86 valence electrons. The number of alkyl carbamates (subject to hydrolysis) is 1. The molecule has 2 bridgehead atoms. The van der Waals surface area contributed by atoms with Crippen molar-refractivity contribution in [1.29, 1.82) is 0 Å². The Morgan fingerprint density at radius 3 is 2.20 bits per heavy atom. The monoisotopic (exact) mass is 213 g/mol. The number of amides is 1. The Morgan fingerprint density at radius 2 is 1.80 bits per heavy atom. The van der Waals surface area contributed by atoms with Crippen LogP contribution in [-0.2, 0) is 9.47 Å². The van der Waals surface area contributed by atoms with E-state index in [1.165, 1.54) is 0 Å². The van der Waals surface area contributed by atoms with Crippen molar-refractivity contribution in [3.8, 4) is 0 Å². The molecule has 3 aliphatic rings.